The van der Waals surface area contributed by atoms with Crippen LogP contribution in [0.1, 0.15) is 17.0 Å². The van der Waals surface area contributed by atoms with Crippen molar-refractivity contribution in [3.8, 4) is 0 Å². The van der Waals surface area contributed by atoms with Gasteiger partial charge in [0.2, 0.25) is 0 Å². The van der Waals surface area contributed by atoms with Gasteiger partial charge in [0, 0.05) is 12.1 Å². The van der Waals surface area contributed by atoms with Gasteiger partial charge in [0.05, 0.1) is 16.4 Å². The summed E-state index contributed by atoms with van der Waals surface area (Å²) in [7, 11) is 3.91. The molecule has 1 aromatic heterocycles. The number of hydrogen-bond acceptors (Lipinski definition) is 2. The summed E-state index contributed by atoms with van der Waals surface area (Å²) < 4.78 is 1.88. The fraction of sp³-hybridized carbons (Fsp3) is 0.438. The van der Waals surface area contributed by atoms with Crippen LogP contribution in [0.4, 0.5) is 0 Å². The largest absolute Gasteiger partial charge is 0.319 e. The Kier molecular flexibility index (Phi) is 5.68. The van der Waals surface area contributed by atoms with E-state index in [0.717, 1.165) is 40.8 Å². The fourth-order valence-electron chi connectivity index (χ4n) is 2.66. The number of nitrogens with one attached hydrogen (secondary N) is 1. The van der Waals surface area contributed by atoms with Crippen molar-refractivity contribution in [2.75, 3.05) is 13.6 Å². The number of hydrogen-bond donors (Lipinski definition) is 1. The molecule has 1 atom stereocenters. The molecule has 0 fully saturated rings. The average molecular weight is 326 g/mol. The van der Waals surface area contributed by atoms with Crippen LogP contribution in [0.15, 0.2) is 24.3 Å². The van der Waals surface area contributed by atoms with Crippen LogP contribution in [-0.4, -0.2) is 23.4 Å². The minimum Gasteiger partial charge on any atom is -0.319 e. The molecule has 21 heavy (non-hydrogen) atoms. The highest BCUT2D eigenvalue weighted by molar-refractivity contribution is 6.32. The highest BCUT2D eigenvalue weighted by atomic mass is 35.5. The molecule has 0 aliphatic heterocycles. The molecular formula is C16H21Cl2N3. The average Bonchev–Trinajstić information content (AvgIpc) is 2.68. The van der Waals surface area contributed by atoms with Crippen molar-refractivity contribution < 1.29 is 0 Å². The van der Waals surface area contributed by atoms with Gasteiger partial charge in [-0.1, -0.05) is 41.4 Å². The first-order chi connectivity index (χ1) is 10.0. The van der Waals surface area contributed by atoms with Crippen molar-refractivity contribution in [1.29, 1.82) is 0 Å². The van der Waals surface area contributed by atoms with Crippen molar-refractivity contribution in [2.45, 2.75) is 19.8 Å². The van der Waals surface area contributed by atoms with E-state index in [9.17, 15) is 0 Å². The summed E-state index contributed by atoms with van der Waals surface area (Å²) >= 11 is 12.6. The van der Waals surface area contributed by atoms with Crippen molar-refractivity contribution in [1.82, 2.24) is 15.1 Å². The minimum atomic E-state index is 0.419. The van der Waals surface area contributed by atoms with E-state index in [4.69, 9.17) is 23.2 Å². The van der Waals surface area contributed by atoms with Gasteiger partial charge in [-0.05, 0) is 50.9 Å². The quantitative estimate of drug-likeness (QED) is 0.878. The Labute approximate surface area is 136 Å². The monoisotopic (exact) mass is 325 g/mol. The summed E-state index contributed by atoms with van der Waals surface area (Å²) in [4.78, 5) is 0. The Balaban J connectivity index is 2.18. The van der Waals surface area contributed by atoms with Gasteiger partial charge in [0.15, 0.2) is 0 Å². The molecule has 114 valence electrons. The maximum atomic E-state index is 6.36. The second-order valence-electron chi connectivity index (χ2n) is 5.39. The van der Waals surface area contributed by atoms with Crippen molar-refractivity contribution in [3.05, 3.63) is 51.3 Å². The van der Waals surface area contributed by atoms with Gasteiger partial charge in [-0.2, -0.15) is 5.10 Å². The smallest absolute Gasteiger partial charge is 0.0847 e. The van der Waals surface area contributed by atoms with Gasteiger partial charge in [-0.25, -0.2) is 0 Å². The lowest BCUT2D eigenvalue weighted by Crippen LogP contribution is -2.24. The number of benzene rings is 1. The maximum Gasteiger partial charge on any atom is 0.0847 e. The summed E-state index contributed by atoms with van der Waals surface area (Å²) in [6.07, 6.45) is 1.79. The van der Waals surface area contributed by atoms with E-state index in [0.29, 0.717) is 5.92 Å². The van der Waals surface area contributed by atoms with Gasteiger partial charge < -0.3 is 5.32 Å². The van der Waals surface area contributed by atoms with Crippen LogP contribution in [-0.2, 0) is 19.9 Å². The Morgan fingerprint density at radius 2 is 1.95 bits per heavy atom. The van der Waals surface area contributed by atoms with Crippen molar-refractivity contribution in [2.24, 2.45) is 13.0 Å². The first kappa shape index (κ1) is 16.3. The number of nitrogens with zero attached hydrogens (tertiary/aromatic N) is 2. The Morgan fingerprint density at radius 1 is 1.24 bits per heavy atom. The van der Waals surface area contributed by atoms with E-state index in [1.54, 1.807) is 0 Å². The molecule has 0 spiro atoms. The van der Waals surface area contributed by atoms with Crippen molar-refractivity contribution in [3.63, 3.8) is 0 Å². The van der Waals surface area contributed by atoms with E-state index in [1.807, 2.05) is 43.9 Å². The highest BCUT2D eigenvalue weighted by Gasteiger charge is 2.18. The van der Waals surface area contributed by atoms with Gasteiger partial charge >= 0.3 is 0 Å². The zero-order valence-corrected chi connectivity index (χ0v) is 14.2. The molecule has 0 amide bonds. The number of halogens is 2. The Hall–Kier alpha value is -1.03. The van der Waals surface area contributed by atoms with E-state index >= 15 is 0 Å². The molecule has 0 saturated carbocycles. The first-order valence-corrected chi connectivity index (χ1v) is 7.84. The summed E-state index contributed by atoms with van der Waals surface area (Å²) in [5.41, 5.74) is 3.14. The van der Waals surface area contributed by atoms with E-state index in [2.05, 4.69) is 16.5 Å². The molecule has 0 aliphatic carbocycles. The highest BCUT2D eigenvalue weighted by Crippen LogP contribution is 2.25. The van der Waals surface area contributed by atoms with Gasteiger partial charge in [-0.15, -0.1) is 0 Å². The maximum absolute atomic E-state index is 6.36. The van der Waals surface area contributed by atoms with Crippen LogP contribution in [0.5, 0.6) is 0 Å². The molecule has 0 radical (unpaired) electrons. The third-order valence-electron chi connectivity index (χ3n) is 3.70. The molecule has 0 bridgehead atoms. The zero-order chi connectivity index (χ0) is 15.4. The number of aromatic nitrogens is 2. The lowest BCUT2D eigenvalue weighted by Gasteiger charge is -2.18. The Bertz CT molecular complexity index is 608. The molecule has 1 heterocycles. The fourth-order valence-corrected chi connectivity index (χ4v) is 3.11. The lowest BCUT2D eigenvalue weighted by atomic mass is 9.94. The summed E-state index contributed by atoms with van der Waals surface area (Å²) in [5, 5.41) is 9.24. The van der Waals surface area contributed by atoms with Crippen LogP contribution in [0, 0.1) is 12.8 Å². The molecular weight excluding hydrogens is 305 g/mol. The minimum absolute atomic E-state index is 0.419. The normalized spacial score (nSPS) is 12.6. The summed E-state index contributed by atoms with van der Waals surface area (Å²) in [6.45, 7) is 2.85. The predicted octanol–water partition coefficient (Wildman–Crippen LogP) is 3.66. The standard InChI is InChI=1S/C16H21Cl2N3/c1-11-16(18)15(21(3)20-11)9-12(10-19-2)8-13-6-4-5-7-14(13)17/h4-7,12,19H,8-10H2,1-3H3. The third kappa shape index (κ3) is 4.00. The molecule has 1 aromatic carbocycles. The van der Waals surface area contributed by atoms with E-state index < -0.39 is 0 Å². The first-order valence-electron chi connectivity index (χ1n) is 7.09. The zero-order valence-electron chi connectivity index (χ0n) is 12.7. The second-order valence-corrected chi connectivity index (χ2v) is 6.18. The van der Waals surface area contributed by atoms with Crippen LogP contribution < -0.4 is 5.32 Å². The number of aryl methyl sites for hydroxylation is 2. The van der Waals surface area contributed by atoms with Crippen LogP contribution >= 0.6 is 23.2 Å². The second kappa shape index (κ2) is 7.30. The molecule has 2 aromatic rings. The number of rotatable bonds is 6. The van der Waals surface area contributed by atoms with Crippen molar-refractivity contribution >= 4 is 23.2 Å². The van der Waals surface area contributed by atoms with Gasteiger partial charge in [0.25, 0.3) is 0 Å². The third-order valence-corrected chi connectivity index (χ3v) is 4.56. The SMILES string of the molecule is CNCC(Cc1ccccc1Cl)Cc1c(Cl)c(C)nn1C. The van der Waals surface area contributed by atoms with E-state index in [-0.39, 0.29) is 0 Å². The molecule has 0 aliphatic rings. The van der Waals surface area contributed by atoms with Crippen LogP contribution in [0.25, 0.3) is 0 Å². The molecule has 1 unspecified atom stereocenters. The molecule has 2 rings (SSSR count). The molecule has 1 N–H and O–H groups in total. The molecule has 5 heteroatoms. The van der Waals surface area contributed by atoms with Crippen LogP contribution in [0.3, 0.4) is 0 Å². The predicted molar refractivity (Wildman–Crippen MR) is 89.2 cm³/mol. The van der Waals surface area contributed by atoms with E-state index in [1.165, 1.54) is 5.56 Å². The summed E-state index contributed by atoms with van der Waals surface area (Å²) in [6, 6.07) is 8.01. The van der Waals surface area contributed by atoms with Crippen LogP contribution in [0.2, 0.25) is 10.0 Å². The lowest BCUT2D eigenvalue weighted by molar-refractivity contribution is 0.477. The topological polar surface area (TPSA) is 29.9 Å². The van der Waals surface area contributed by atoms with Gasteiger partial charge in [0.1, 0.15) is 0 Å². The molecule has 0 saturated heterocycles. The van der Waals surface area contributed by atoms with Gasteiger partial charge in [-0.3, -0.25) is 4.68 Å². The molecule has 3 nitrogen and oxygen atoms in total. The summed E-state index contributed by atoms with van der Waals surface area (Å²) in [5.74, 6) is 0.419. The Morgan fingerprint density at radius 3 is 2.52 bits per heavy atom.